The molecule has 2 aliphatic rings. The number of hydrogen-bond donors (Lipinski definition) is 0. The van der Waals surface area contributed by atoms with Gasteiger partial charge in [-0.2, -0.15) is 0 Å². The molecule has 6 heteroatoms. The molecule has 2 aliphatic heterocycles. The average molecular weight is 336 g/mol. The lowest BCUT2D eigenvalue weighted by Crippen LogP contribution is -2.47. The van der Waals surface area contributed by atoms with Crippen molar-refractivity contribution >= 4 is 21.6 Å². The molecular formula is C17H24N2O3S. The fraction of sp³-hybridized carbons (Fsp3) is 0.588. The SMILES string of the molecule is Cc1cccc2c1N(C(=O)C1CCCN(S(C)(=O)=O)C1)CCC2. The lowest BCUT2D eigenvalue weighted by Gasteiger charge is -2.37. The van der Waals surface area contributed by atoms with Gasteiger partial charge >= 0.3 is 0 Å². The Morgan fingerprint density at radius 2 is 2.00 bits per heavy atom. The van der Waals surface area contributed by atoms with Gasteiger partial charge in [-0.25, -0.2) is 12.7 Å². The summed E-state index contributed by atoms with van der Waals surface area (Å²) in [5.41, 5.74) is 3.38. The molecule has 1 unspecified atom stereocenters. The fourth-order valence-electron chi connectivity index (χ4n) is 3.73. The number of piperidine rings is 1. The summed E-state index contributed by atoms with van der Waals surface area (Å²) in [6.07, 6.45) is 4.70. The third-order valence-electron chi connectivity index (χ3n) is 4.89. The maximum Gasteiger partial charge on any atom is 0.231 e. The first-order valence-corrected chi connectivity index (χ1v) is 10.1. The number of anilines is 1. The highest BCUT2D eigenvalue weighted by molar-refractivity contribution is 7.88. The molecule has 1 aromatic rings. The molecule has 1 aromatic carbocycles. The Bertz CT molecular complexity index is 715. The number of hydrogen-bond acceptors (Lipinski definition) is 3. The van der Waals surface area contributed by atoms with Gasteiger partial charge in [-0.1, -0.05) is 18.2 Å². The van der Waals surface area contributed by atoms with Gasteiger partial charge in [0.1, 0.15) is 0 Å². The zero-order valence-corrected chi connectivity index (χ0v) is 14.6. The molecule has 1 atom stereocenters. The largest absolute Gasteiger partial charge is 0.312 e. The predicted molar refractivity (Wildman–Crippen MR) is 91.0 cm³/mol. The lowest BCUT2D eigenvalue weighted by atomic mass is 9.93. The molecule has 0 saturated carbocycles. The van der Waals surface area contributed by atoms with Gasteiger partial charge in [0.2, 0.25) is 15.9 Å². The van der Waals surface area contributed by atoms with Crippen LogP contribution in [0.4, 0.5) is 5.69 Å². The van der Waals surface area contributed by atoms with E-state index in [1.807, 2.05) is 24.0 Å². The second kappa shape index (κ2) is 6.24. The highest BCUT2D eigenvalue weighted by Crippen LogP contribution is 2.33. The Morgan fingerprint density at radius 1 is 1.22 bits per heavy atom. The number of sulfonamides is 1. The van der Waals surface area contributed by atoms with E-state index in [2.05, 4.69) is 6.07 Å². The molecule has 0 radical (unpaired) electrons. The summed E-state index contributed by atoms with van der Waals surface area (Å²) in [5, 5.41) is 0. The molecule has 0 aliphatic carbocycles. The van der Waals surface area contributed by atoms with Crippen LogP contribution in [0.25, 0.3) is 0 Å². The van der Waals surface area contributed by atoms with E-state index in [0.29, 0.717) is 13.1 Å². The fourth-order valence-corrected chi connectivity index (χ4v) is 4.64. The Morgan fingerprint density at radius 3 is 2.74 bits per heavy atom. The van der Waals surface area contributed by atoms with E-state index in [4.69, 9.17) is 0 Å². The van der Waals surface area contributed by atoms with E-state index in [1.54, 1.807) is 0 Å². The molecule has 0 aromatic heterocycles. The first-order valence-electron chi connectivity index (χ1n) is 8.23. The summed E-state index contributed by atoms with van der Waals surface area (Å²) < 4.78 is 25.0. The van der Waals surface area contributed by atoms with Crippen molar-refractivity contribution in [2.45, 2.75) is 32.6 Å². The van der Waals surface area contributed by atoms with Gasteiger partial charge < -0.3 is 4.90 Å². The quantitative estimate of drug-likeness (QED) is 0.829. The number of amides is 1. The summed E-state index contributed by atoms with van der Waals surface area (Å²) in [5.74, 6) is -0.155. The van der Waals surface area contributed by atoms with Crippen molar-refractivity contribution < 1.29 is 13.2 Å². The lowest BCUT2D eigenvalue weighted by molar-refractivity contribution is -0.123. The van der Waals surface area contributed by atoms with Crippen LogP contribution in [-0.4, -0.2) is 44.5 Å². The van der Waals surface area contributed by atoms with E-state index >= 15 is 0 Å². The third-order valence-corrected chi connectivity index (χ3v) is 6.16. The summed E-state index contributed by atoms with van der Waals surface area (Å²) in [6.45, 7) is 3.60. The molecule has 3 rings (SSSR count). The molecule has 0 bridgehead atoms. The van der Waals surface area contributed by atoms with Gasteiger partial charge in [-0.05, 0) is 43.7 Å². The van der Waals surface area contributed by atoms with E-state index in [1.165, 1.54) is 16.1 Å². The number of nitrogens with zero attached hydrogens (tertiary/aromatic N) is 2. The zero-order valence-electron chi connectivity index (χ0n) is 13.8. The van der Waals surface area contributed by atoms with Crippen molar-refractivity contribution in [3.05, 3.63) is 29.3 Å². The van der Waals surface area contributed by atoms with Crippen molar-refractivity contribution in [1.29, 1.82) is 0 Å². The molecule has 23 heavy (non-hydrogen) atoms. The summed E-state index contributed by atoms with van der Waals surface area (Å²) >= 11 is 0. The number of carbonyl (C=O) groups is 1. The minimum atomic E-state index is -3.23. The molecule has 1 fully saturated rings. The minimum Gasteiger partial charge on any atom is -0.312 e. The standard InChI is InChI=1S/C17H24N2O3S/c1-13-6-3-7-14-8-5-11-19(16(13)14)17(20)15-9-4-10-18(12-15)23(2,21)22/h3,6-7,15H,4-5,8-12H2,1-2H3. The van der Waals surface area contributed by atoms with E-state index in [-0.39, 0.29) is 11.8 Å². The van der Waals surface area contributed by atoms with Gasteiger partial charge in [-0.3, -0.25) is 4.79 Å². The number of aryl methyl sites for hydroxylation is 2. The Labute approximate surface area is 138 Å². The van der Waals surface area contributed by atoms with Crippen LogP contribution in [0.5, 0.6) is 0 Å². The highest BCUT2D eigenvalue weighted by atomic mass is 32.2. The molecule has 0 spiro atoms. The molecule has 2 heterocycles. The van der Waals surface area contributed by atoms with Crippen LogP contribution in [0.15, 0.2) is 18.2 Å². The maximum atomic E-state index is 13.0. The van der Waals surface area contributed by atoms with Crippen LogP contribution in [0.2, 0.25) is 0 Å². The smallest absolute Gasteiger partial charge is 0.231 e. The topological polar surface area (TPSA) is 57.7 Å². The van der Waals surface area contributed by atoms with Crippen LogP contribution in [0.1, 0.15) is 30.4 Å². The Hall–Kier alpha value is -1.40. The second-order valence-corrected chi connectivity index (χ2v) is 8.62. The van der Waals surface area contributed by atoms with Crippen LogP contribution in [-0.2, 0) is 21.2 Å². The van der Waals surface area contributed by atoms with Crippen molar-refractivity contribution in [2.24, 2.45) is 5.92 Å². The number of carbonyl (C=O) groups excluding carboxylic acids is 1. The van der Waals surface area contributed by atoms with E-state index in [0.717, 1.165) is 43.5 Å². The summed E-state index contributed by atoms with van der Waals surface area (Å²) in [7, 11) is -3.23. The molecule has 0 N–H and O–H groups in total. The molecule has 1 amide bonds. The maximum absolute atomic E-state index is 13.0. The van der Waals surface area contributed by atoms with Gasteiger partial charge in [0, 0.05) is 25.3 Å². The Balaban J connectivity index is 1.85. The zero-order chi connectivity index (χ0) is 16.6. The van der Waals surface area contributed by atoms with Gasteiger partial charge in [0.05, 0.1) is 12.2 Å². The normalized spacial score (nSPS) is 22.7. The van der Waals surface area contributed by atoms with Crippen molar-refractivity contribution in [1.82, 2.24) is 4.31 Å². The van der Waals surface area contributed by atoms with Crippen LogP contribution in [0, 0.1) is 12.8 Å². The van der Waals surface area contributed by atoms with Gasteiger partial charge in [-0.15, -0.1) is 0 Å². The highest BCUT2D eigenvalue weighted by Gasteiger charge is 2.34. The summed E-state index contributed by atoms with van der Waals surface area (Å²) in [4.78, 5) is 14.9. The van der Waals surface area contributed by atoms with Gasteiger partial charge in [0.25, 0.3) is 0 Å². The van der Waals surface area contributed by atoms with Crippen molar-refractivity contribution in [2.75, 3.05) is 30.8 Å². The van der Waals surface area contributed by atoms with E-state index < -0.39 is 10.0 Å². The predicted octanol–water partition coefficient (Wildman–Crippen LogP) is 1.95. The van der Waals surface area contributed by atoms with Crippen LogP contribution >= 0.6 is 0 Å². The number of fused-ring (bicyclic) bond motifs is 1. The van der Waals surface area contributed by atoms with Gasteiger partial charge in [0.15, 0.2) is 0 Å². The minimum absolute atomic E-state index is 0.0774. The number of para-hydroxylation sites is 1. The summed E-state index contributed by atoms with van der Waals surface area (Å²) in [6, 6.07) is 6.16. The second-order valence-electron chi connectivity index (χ2n) is 6.64. The van der Waals surface area contributed by atoms with Crippen molar-refractivity contribution in [3.8, 4) is 0 Å². The first kappa shape index (κ1) is 16.5. The van der Waals surface area contributed by atoms with Crippen LogP contribution in [0.3, 0.4) is 0 Å². The molecule has 1 saturated heterocycles. The van der Waals surface area contributed by atoms with Crippen LogP contribution < -0.4 is 4.90 Å². The molecule has 5 nitrogen and oxygen atoms in total. The monoisotopic (exact) mass is 336 g/mol. The first-order chi connectivity index (χ1) is 10.9. The van der Waals surface area contributed by atoms with E-state index in [9.17, 15) is 13.2 Å². The molecular weight excluding hydrogens is 312 g/mol. The average Bonchev–Trinajstić information content (AvgIpc) is 2.53. The third kappa shape index (κ3) is 3.28. The number of benzene rings is 1. The number of rotatable bonds is 2. The molecule has 126 valence electrons. The van der Waals surface area contributed by atoms with Crippen molar-refractivity contribution in [3.63, 3.8) is 0 Å². The Kier molecular flexibility index (Phi) is 4.47.